The van der Waals surface area contributed by atoms with Crippen LogP contribution in [0.1, 0.15) is 44.9 Å². The van der Waals surface area contributed by atoms with Crippen LogP contribution in [0.4, 0.5) is 5.69 Å². The van der Waals surface area contributed by atoms with Crippen LogP contribution in [0.2, 0.25) is 5.02 Å². The summed E-state index contributed by atoms with van der Waals surface area (Å²) in [6.07, 6.45) is 9.81. The minimum Gasteiger partial charge on any atom is -0.384 e. The summed E-state index contributed by atoms with van der Waals surface area (Å²) in [6, 6.07) is 5.93. The zero-order valence-corrected chi connectivity index (χ0v) is 13.1. The Morgan fingerprint density at radius 3 is 2.44 bits per heavy atom. The molecule has 1 saturated carbocycles. The van der Waals surface area contributed by atoms with Gasteiger partial charge in [0.2, 0.25) is 0 Å². The highest BCUT2D eigenvalue weighted by Crippen LogP contribution is 2.27. The molecule has 0 aromatic heterocycles. The summed E-state index contributed by atoms with van der Waals surface area (Å²) < 4.78 is 1.06. The molecule has 1 aromatic carbocycles. The molecule has 0 saturated heterocycles. The van der Waals surface area contributed by atoms with Crippen LogP contribution < -0.4 is 5.32 Å². The van der Waals surface area contributed by atoms with Crippen molar-refractivity contribution in [3.63, 3.8) is 0 Å². The van der Waals surface area contributed by atoms with E-state index in [1.807, 2.05) is 12.1 Å². The first-order chi connectivity index (χ1) is 8.75. The molecule has 0 atom stereocenters. The van der Waals surface area contributed by atoms with Crippen molar-refractivity contribution in [3.05, 3.63) is 27.7 Å². The van der Waals surface area contributed by atoms with Crippen molar-refractivity contribution in [2.45, 2.75) is 44.9 Å². The number of hydrogen-bond acceptors (Lipinski definition) is 1. The van der Waals surface area contributed by atoms with Crippen molar-refractivity contribution >= 4 is 33.2 Å². The van der Waals surface area contributed by atoms with E-state index in [0.29, 0.717) is 0 Å². The quantitative estimate of drug-likeness (QED) is 0.730. The maximum Gasteiger partial charge on any atom is 0.0485 e. The van der Waals surface area contributed by atoms with Crippen LogP contribution in [0.5, 0.6) is 0 Å². The lowest BCUT2D eigenvalue weighted by Crippen LogP contribution is -2.15. The van der Waals surface area contributed by atoms with Gasteiger partial charge in [0.25, 0.3) is 0 Å². The molecule has 0 radical (unpaired) electrons. The molecule has 100 valence electrons. The summed E-state index contributed by atoms with van der Waals surface area (Å²) in [6.45, 7) is 1.08. The van der Waals surface area contributed by atoms with Gasteiger partial charge in [0.05, 0.1) is 0 Å². The predicted molar refractivity (Wildman–Crippen MR) is 83.5 cm³/mol. The van der Waals surface area contributed by atoms with Gasteiger partial charge >= 0.3 is 0 Å². The Kier molecular flexibility index (Phi) is 5.84. The molecule has 2 rings (SSSR count). The molecular formula is C15H21BrClN. The van der Waals surface area contributed by atoms with Gasteiger partial charge in [-0.15, -0.1) is 0 Å². The average Bonchev–Trinajstić information content (AvgIpc) is 2.29. The first-order valence-corrected chi connectivity index (χ1v) is 8.12. The van der Waals surface area contributed by atoms with E-state index in [9.17, 15) is 0 Å². The van der Waals surface area contributed by atoms with Crippen LogP contribution in [0.3, 0.4) is 0 Å². The SMILES string of the molecule is Clc1ccc(NCC2CCCCCCC2)c(Br)c1. The Labute approximate surface area is 123 Å². The standard InChI is InChI=1S/C15H21BrClN/c16-14-10-13(17)8-9-15(14)18-11-12-6-4-2-1-3-5-7-12/h8-10,12,18H,1-7,11H2. The third kappa shape index (κ3) is 4.47. The maximum absolute atomic E-state index is 5.95. The van der Waals surface area contributed by atoms with Gasteiger partial charge in [0.15, 0.2) is 0 Å². The number of benzene rings is 1. The highest BCUT2D eigenvalue weighted by molar-refractivity contribution is 9.10. The fourth-order valence-corrected chi connectivity index (χ4v) is 3.45. The molecule has 0 bridgehead atoms. The van der Waals surface area contributed by atoms with Crippen LogP contribution in [-0.2, 0) is 0 Å². The zero-order valence-electron chi connectivity index (χ0n) is 10.7. The number of hydrogen-bond donors (Lipinski definition) is 1. The lowest BCUT2D eigenvalue weighted by Gasteiger charge is -2.21. The number of anilines is 1. The molecule has 3 heteroatoms. The molecular weight excluding hydrogens is 310 g/mol. The summed E-state index contributed by atoms with van der Waals surface area (Å²) >= 11 is 9.50. The number of halogens is 2. The lowest BCUT2D eigenvalue weighted by molar-refractivity contribution is 0.392. The van der Waals surface area contributed by atoms with Gasteiger partial charge in [-0.2, -0.15) is 0 Å². The van der Waals surface area contributed by atoms with Gasteiger partial charge in [0.1, 0.15) is 0 Å². The minimum atomic E-state index is 0.776. The fraction of sp³-hybridized carbons (Fsp3) is 0.600. The largest absolute Gasteiger partial charge is 0.384 e. The molecule has 1 aliphatic rings. The topological polar surface area (TPSA) is 12.0 Å². The summed E-state index contributed by atoms with van der Waals surface area (Å²) in [5, 5.41) is 4.33. The van der Waals surface area contributed by atoms with E-state index >= 15 is 0 Å². The highest BCUT2D eigenvalue weighted by atomic mass is 79.9. The van der Waals surface area contributed by atoms with Crippen molar-refractivity contribution in [2.24, 2.45) is 5.92 Å². The summed E-state index contributed by atoms with van der Waals surface area (Å²) in [7, 11) is 0. The third-order valence-corrected chi connectivity index (χ3v) is 4.63. The van der Waals surface area contributed by atoms with Gasteiger partial charge in [-0.3, -0.25) is 0 Å². The lowest BCUT2D eigenvalue weighted by atomic mass is 9.91. The van der Waals surface area contributed by atoms with Gasteiger partial charge in [-0.25, -0.2) is 0 Å². The van der Waals surface area contributed by atoms with Crippen molar-refractivity contribution < 1.29 is 0 Å². The second kappa shape index (κ2) is 7.40. The Morgan fingerprint density at radius 2 is 1.78 bits per heavy atom. The molecule has 1 fully saturated rings. The molecule has 1 nitrogen and oxygen atoms in total. The highest BCUT2D eigenvalue weighted by Gasteiger charge is 2.11. The van der Waals surface area contributed by atoms with Crippen molar-refractivity contribution in [3.8, 4) is 0 Å². The van der Waals surface area contributed by atoms with E-state index in [0.717, 1.165) is 27.6 Å². The molecule has 0 heterocycles. The van der Waals surface area contributed by atoms with E-state index in [1.54, 1.807) is 0 Å². The van der Waals surface area contributed by atoms with Gasteiger partial charge in [-0.05, 0) is 52.9 Å². The predicted octanol–water partition coefficient (Wildman–Crippen LogP) is 5.87. The fourth-order valence-electron chi connectivity index (χ4n) is 2.63. The van der Waals surface area contributed by atoms with Crippen molar-refractivity contribution in [1.82, 2.24) is 0 Å². The van der Waals surface area contributed by atoms with Crippen molar-refractivity contribution in [2.75, 3.05) is 11.9 Å². The van der Waals surface area contributed by atoms with Crippen LogP contribution in [0.15, 0.2) is 22.7 Å². The average molecular weight is 331 g/mol. The van der Waals surface area contributed by atoms with E-state index in [2.05, 4.69) is 27.3 Å². The molecule has 0 spiro atoms. The molecule has 0 amide bonds. The maximum atomic E-state index is 5.95. The normalized spacial score (nSPS) is 18.1. The zero-order chi connectivity index (χ0) is 12.8. The molecule has 1 aromatic rings. The van der Waals surface area contributed by atoms with E-state index in [4.69, 9.17) is 11.6 Å². The molecule has 0 unspecified atom stereocenters. The Hall–Kier alpha value is -0.210. The molecule has 18 heavy (non-hydrogen) atoms. The summed E-state index contributed by atoms with van der Waals surface area (Å²) in [4.78, 5) is 0. The number of nitrogens with one attached hydrogen (secondary N) is 1. The van der Waals surface area contributed by atoms with Gasteiger partial charge < -0.3 is 5.32 Å². The second-order valence-corrected chi connectivity index (χ2v) is 6.51. The summed E-state index contributed by atoms with van der Waals surface area (Å²) in [5.74, 6) is 0.827. The monoisotopic (exact) mass is 329 g/mol. The van der Waals surface area contributed by atoms with Crippen LogP contribution in [0, 0.1) is 5.92 Å². The van der Waals surface area contributed by atoms with Crippen LogP contribution >= 0.6 is 27.5 Å². The molecule has 0 aliphatic heterocycles. The smallest absolute Gasteiger partial charge is 0.0485 e. The van der Waals surface area contributed by atoms with E-state index in [-0.39, 0.29) is 0 Å². The van der Waals surface area contributed by atoms with E-state index in [1.165, 1.54) is 44.9 Å². The van der Waals surface area contributed by atoms with E-state index < -0.39 is 0 Å². The van der Waals surface area contributed by atoms with Gasteiger partial charge in [0, 0.05) is 21.7 Å². The van der Waals surface area contributed by atoms with Gasteiger partial charge in [-0.1, -0.05) is 43.7 Å². The molecule has 1 N–H and O–H groups in total. The van der Waals surface area contributed by atoms with Crippen LogP contribution in [-0.4, -0.2) is 6.54 Å². The number of rotatable bonds is 3. The third-order valence-electron chi connectivity index (χ3n) is 3.74. The first-order valence-electron chi connectivity index (χ1n) is 6.94. The first kappa shape index (κ1) is 14.2. The minimum absolute atomic E-state index is 0.776. The Morgan fingerprint density at radius 1 is 1.11 bits per heavy atom. The Bertz CT molecular complexity index is 373. The van der Waals surface area contributed by atoms with Crippen LogP contribution in [0.25, 0.3) is 0 Å². The summed E-state index contributed by atoms with van der Waals surface area (Å²) in [5.41, 5.74) is 1.15. The Balaban J connectivity index is 1.85. The van der Waals surface area contributed by atoms with Crippen molar-refractivity contribution in [1.29, 1.82) is 0 Å². The molecule has 1 aliphatic carbocycles. The second-order valence-electron chi connectivity index (χ2n) is 5.22.